The first-order chi connectivity index (χ1) is 14.2. The lowest BCUT2D eigenvalue weighted by Crippen LogP contribution is -2.38. The highest BCUT2D eigenvalue weighted by Gasteiger charge is 2.43. The van der Waals surface area contributed by atoms with Crippen molar-refractivity contribution < 1.29 is 27.7 Å². The van der Waals surface area contributed by atoms with Crippen LogP contribution >= 0.6 is 11.8 Å². The molecule has 10 heteroatoms. The SMILES string of the molecule is CCCCN1CCCc2cc(C=C3SC(S(=O)(=O)O)N(CCC(=O)O)C3=O)ccc21. The Morgan fingerprint density at radius 2 is 2.10 bits per heavy atom. The molecule has 3 rings (SSSR count). The number of carboxylic acid groups (broad SMARTS) is 1. The van der Waals surface area contributed by atoms with Crippen molar-refractivity contribution in [2.45, 2.75) is 43.7 Å². The van der Waals surface area contributed by atoms with Crippen LogP contribution in [0.1, 0.15) is 43.7 Å². The summed E-state index contributed by atoms with van der Waals surface area (Å²) in [5.74, 6) is -1.74. The van der Waals surface area contributed by atoms with Crippen LogP contribution in [0.3, 0.4) is 0 Å². The van der Waals surface area contributed by atoms with Gasteiger partial charge in [-0.3, -0.25) is 14.1 Å². The van der Waals surface area contributed by atoms with Gasteiger partial charge in [-0.05, 0) is 48.6 Å². The molecular formula is C20H26N2O6S2. The molecule has 0 saturated carbocycles. The Hall–Kier alpha value is -2.04. The molecule has 1 unspecified atom stereocenters. The second-order valence-electron chi connectivity index (χ2n) is 7.42. The Kier molecular flexibility index (Phi) is 7.10. The standard InChI is InChI=1S/C20H26N2O6S2/c1-2-3-9-21-10-4-5-15-12-14(6-7-16(15)21)13-17-19(25)22(11-8-18(23)24)20(29-17)30(26,27)28/h6-7,12-13,20H,2-5,8-11H2,1H3,(H,23,24)(H,26,27,28). The van der Waals surface area contributed by atoms with Crippen LogP contribution < -0.4 is 4.90 Å². The molecule has 1 aromatic rings. The molecule has 1 aromatic carbocycles. The van der Waals surface area contributed by atoms with Gasteiger partial charge in [0.05, 0.1) is 11.3 Å². The minimum absolute atomic E-state index is 0.168. The predicted molar refractivity (Wildman–Crippen MR) is 117 cm³/mol. The maximum atomic E-state index is 12.7. The predicted octanol–water partition coefficient (Wildman–Crippen LogP) is 2.80. The summed E-state index contributed by atoms with van der Waals surface area (Å²) < 4.78 is 31.4. The van der Waals surface area contributed by atoms with Crippen LogP contribution in [0.15, 0.2) is 23.1 Å². The van der Waals surface area contributed by atoms with Crippen LogP contribution in [0, 0.1) is 0 Å². The monoisotopic (exact) mass is 454 g/mol. The van der Waals surface area contributed by atoms with Crippen LogP contribution in [0.4, 0.5) is 5.69 Å². The van der Waals surface area contributed by atoms with Gasteiger partial charge in [0.15, 0.2) is 0 Å². The fourth-order valence-electron chi connectivity index (χ4n) is 3.72. The van der Waals surface area contributed by atoms with E-state index in [4.69, 9.17) is 5.11 Å². The lowest BCUT2D eigenvalue weighted by Gasteiger charge is -2.31. The number of hydrogen-bond acceptors (Lipinski definition) is 6. The van der Waals surface area contributed by atoms with Crippen molar-refractivity contribution in [3.05, 3.63) is 34.2 Å². The van der Waals surface area contributed by atoms with Crippen LogP contribution in [-0.4, -0.2) is 59.2 Å². The van der Waals surface area contributed by atoms with Gasteiger partial charge in [-0.25, -0.2) is 0 Å². The van der Waals surface area contributed by atoms with Crippen LogP contribution in [0.25, 0.3) is 6.08 Å². The van der Waals surface area contributed by atoms with Crippen molar-refractivity contribution in [2.75, 3.05) is 24.5 Å². The largest absolute Gasteiger partial charge is 0.481 e. The molecule has 0 bridgehead atoms. The summed E-state index contributed by atoms with van der Waals surface area (Å²) in [5, 5.41) is 8.86. The van der Waals surface area contributed by atoms with Crippen LogP contribution in [-0.2, 0) is 26.1 Å². The minimum atomic E-state index is -4.56. The van der Waals surface area contributed by atoms with Crippen molar-refractivity contribution in [1.82, 2.24) is 4.90 Å². The number of aryl methyl sites for hydroxylation is 1. The highest BCUT2D eigenvalue weighted by Crippen LogP contribution is 2.39. The molecule has 1 atom stereocenters. The topological polar surface area (TPSA) is 115 Å². The first-order valence-corrected chi connectivity index (χ1v) is 12.3. The Labute approximate surface area is 180 Å². The highest BCUT2D eigenvalue weighted by molar-refractivity contribution is 8.15. The fourth-order valence-corrected chi connectivity index (χ4v) is 6.01. The molecule has 1 saturated heterocycles. The minimum Gasteiger partial charge on any atom is -0.481 e. The number of fused-ring (bicyclic) bond motifs is 1. The van der Waals surface area contributed by atoms with Gasteiger partial charge in [0.1, 0.15) is 0 Å². The maximum Gasteiger partial charge on any atom is 0.305 e. The fraction of sp³-hybridized carbons (Fsp3) is 0.500. The average molecular weight is 455 g/mol. The van der Waals surface area contributed by atoms with E-state index in [2.05, 4.69) is 11.8 Å². The zero-order valence-corrected chi connectivity index (χ0v) is 18.4. The number of carbonyl (C=O) groups is 2. The van der Waals surface area contributed by atoms with Gasteiger partial charge in [-0.15, -0.1) is 0 Å². The van der Waals surface area contributed by atoms with Gasteiger partial charge in [0, 0.05) is 25.3 Å². The van der Waals surface area contributed by atoms with E-state index in [0.717, 1.165) is 61.0 Å². The molecule has 1 fully saturated rings. The van der Waals surface area contributed by atoms with Crippen molar-refractivity contribution in [3.8, 4) is 0 Å². The van der Waals surface area contributed by atoms with Crippen LogP contribution in [0.5, 0.6) is 0 Å². The van der Waals surface area contributed by atoms with Crippen molar-refractivity contribution in [3.63, 3.8) is 0 Å². The molecule has 2 N–H and O–H groups in total. The van der Waals surface area contributed by atoms with E-state index in [-0.39, 0.29) is 11.4 Å². The number of nitrogens with zero attached hydrogens (tertiary/aromatic N) is 2. The Morgan fingerprint density at radius 1 is 1.33 bits per heavy atom. The average Bonchev–Trinajstić information content (AvgIpc) is 3.00. The van der Waals surface area contributed by atoms with Crippen molar-refractivity contribution >= 4 is 45.5 Å². The first-order valence-electron chi connectivity index (χ1n) is 9.96. The molecule has 2 heterocycles. The van der Waals surface area contributed by atoms with E-state index in [1.54, 1.807) is 6.08 Å². The third-order valence-corrected chi connectivity index (χ3v) is 7.96. The zero-order valence-electron chi connectivity index (χ0n) is 16.8. The zero-order chi connectivity index (χ0) is 21.9. The maximum absolute atomic E-state index is 12.7. The van der Waals surface area contributed by atoms with Gasteiger partial charge in [-0.2, -0.15) is 8.42 Å². The Morgan fingerprint density at radius 3 is 2.77 bits per heavy atom. The summed E-state index contributed by atoms with van der Waals surface area (Å²) >= 11 is 0.726. The third-order valence-electron chi connectivity index (χ3n) is 5.17. The number of benzene rings is 1. The summed E-state index contributed by atoms with van der Waals surface area (Å²) in [6.07, 6.45) is 5.45. The molecule has 0 aromatic heterocycles. The van der Waals surface area contributed by atoms with Crippen molar-refractivity contribution in [2.24, 2.45) is 0 Å². The first kappa shape index (κ1) is 22.6. The van der Waals surface area contributed by atoms with Gasteiger partial charge in [0.25, 0.3) is 16.0 Å². The van der Waals surface area contributed by atoms with Gasteiger partial charge in [-0.1, -0.05) is 31.2 Å². The van der Waals surface area contributed by atoms with E-state index in [1.165, 1.54) is 11.3 Å². The normalized spacial score (nSPS) is 20.7. The lowest BCUT2D eigenvalue weighted by molar-refractivity contribution is -0.137. The quantitative estimate of drug-likeness (QED) is 0.455. The molecular weight excluding hydrogens is 428 g/mol. The second-order valence-corrected chi connectivity index (χ2v) is 10.3. The van der Waals surface area contributed by atoms with Gasteiger partial charge < -0.3 is 14.9 Å². The molecule has 8 nitrogen and oxygen atoms in total. The lowest BCUT2D eigenvalue weighted by atomic mass is 9.98. The number of amides is 1. The van der Waals surface area contributed by atoms with E-state index in [0.29, 0.717) is 0 Å². The summed E-state index contributed by atoms with van der Waals surface area (Å²) in [5.41, 5.74) is 3.16. The third kappa shape index (κ3) is 5.16. The summed E-state index contributed by atoms with van der Waals surface area (Å²) in [6, 6.07) is 5.94. The van der Waals surface area contributed by atoms with E-state index >= 15 is 0 Å². The molecule has 0 aliphatic carbocycles. The molecule has 1 amide bonds. The number of rotatable bonds is 8. The van der Waals surface area contributed by atoms with Gasteiger partial charge in [0.2, 0.25) is 4.71 Å². The molecule has 164 valence electrons. The Balaban J connectivity index is 1.85. The van der Waals surface area contributed by atoms with Gasteiger partial charge >= 0.3 is 5.97 Å². The molecule has 0 spiro atoms. The summed E-state index contributed by atoms with van der Waals surface area (Å²) in [6.45, 7) is 3.90. The number of carbonyl (C=O) groups excluding carboxylic acids is 1. The summed E-state index contributed by atoms with van der Waals surface area (Å²) in [7, 11) is -4.56. The molecule has 0 radical (unpaired) electrons. The number of unbranched alkanes of at least 4 members (excludes halogenated alkanes) is 1. The van der Waals surface area contributed by atoms with E-state index < -0.39 is 33.1 Å². The van der Waals surface area contributed by atoms with E-state index in [9.17, 15) is 22.6 Å². The molecule has 2 aliphatic rings. The van der Waals surface area contributed by atoms with Crippen molar-refractivity contribution in [1.29, 1.82) is 0 Å². The number of aliphatic carboxylic acids is 1. The Bertz CT molecular complexity index is 960. The smallest absolute Gasteiger partial charge is 0.305 e. The van der Waals surface area contributed by atoms with E-state index in [1.807, 2.05) is 18.2 Å². The molecule has 2 aliphatic heterocycles. The number of thioether (sulfide) groups is 1. The highest BCUT2D eigenvalue weighted by atomic mass is 32.3. The van der Waals surface area contributed by atoms with Crippen LogP contribution in [0.2, 0.25) is 0 Å². The number of carboxylic acids is 1. The second kappa shape index (κ2) is 9.40. The summed E-state index contributed by atoms with van der Waals surface area (Å²) in [4.78, 5) is 27.0. The number of anilines is 1. The molecule has 30 heavy (non-hydrogen) atoms. The number of hydrogen-bond donors (Lipinski definition) is 2.